The summed E-state index contributed by atoms with van der Waals surface area (Å²) in [5.41, 5.74) is 1.20. The molecule has 1 aromatic carbocycles. The van der Waals surface area contributed by atoms with E-state index in [1.165, 1.54) is 18.9 Å². The third kappa shape index (κ3) is 8.98. The highest BCUT2D eigenvalue weighted by molar-refractivity contribution is 5.81. The first kappa shape index (κ1) is 39.5. The fourth-order valence-electron chi connectivity index (χ4n) is 10.4. The highest BCUT2D eigenvalue weighted by Crippen LogP contribution is 2.68. The van der Waals surface area contributed by atoms with E-state index < -0.39 is 12.1 Å². The monoisotopic (exact) mass is 688 g/mol. The first-order chi connectivity index (χ1) is 22.9. The van der Waals surface area contributed by atoms with Gasteiger partial charge in [0.15, 0.2) is 0 Å². The molecule has 0 aliphatic heterocycles. The lowest BCUT2D eigenvalue weighted by molar-refractivity contribution is -0.175. The Hall–Kier alpha value is -2.24. The fraction of sp³-hybridized carbons (Fsp3) is 0.795. The van der Waals surface area contributed by atoms with Gasteiger partial charge in [-0.15, -0.1) is 0 Å². The molecule has 0 aromatic heterocycles. The van der Waals surface area contributed by atoms with Gasteiger partial charge in [0, 0.05) is 24.1 Å². The van der Waals surface area contributed by atoms with Crippen molar-refractivity contribution in [3.8, 4) is 5.75 Å². The van der Waals surface area contributed by atoms with Gasteiger partial charge in [0.25, 0.3) is 0 Å². The molecule has 1 aromatic rings. The largest absolute Gasteiger partial charge is 0.508 e. The van der Waals surface area contributed by atoms with E-state index in [4.69, 9.17) is 10.2 Å². The Bertz CT molecular complexity index is 1280. The summed E-state index contributed by atoms with van der Waals surface area (Å²) in [5, 5.41) is 64.7. The molecule has 11 atom stereocenters. The lowest BCUT2D eigenvalue weighted by Gasteiger charge is -2.62. The van der Waals surface area contributed by atoms with E-state index in [1.54, 1.807) is 12.1 Å². The standard InChI is InChI=1S/C26H43NO5.C13H21NO3/c1-15(4-9-23(30)27-14-24(31)32)19-7-8-20-18-6-5-16-12-17(28)10-11-25(16,2)21(18)13-22(29)26(19,20)3;1-13(2,3)14-7-12(17)9-4-5-11(16)10(6-9)8-15/h15-22,28-29H,4-14H2,1-3H3,(H,27,30)(H,31,32);4-6,12,14-17H,7-8H2,1-3H3/t15-,16-,17-,18+,19-,20+,21+,22+,25+,26-;/m1./s1. The average Bonchev–Trinajstić information content (AvgIpc) is 3.41. The second-order valence-electron chi connectivity index (χ2n) is 17.3. The normalized spacial score (nSPS) is 35.1. The molecule has 1 unspecified atom stereocenters. The van der Waals surface area contributed by atoms with E-state index in [0.717, 1.165) is 44.9 Å². The summed E-state index contributed by atoms with van der Waals surface area (Å²) in [5.74, 6) is 1.89. The zero-order chi connectivity index (χ0) is 36.3. The van der Waals surface area contributed by atoms with Crippen LogP contribution >= 0.6 is 0 Å². The van der Waals surface area contributed by atoms with Crippen LogP contribution in [0.5, 0.6) is 5.75 Å². The van der Waals surface area contributed by atoms with Crippen LogP contribution in [0, 0.1) is 46.3 Å². The molecule has 4 saturated carbocycles. The number of aliphatic hydroxyl groups is 4. The molecule has 4 aliphatic rings. The number of nitrogens with one attached hydrogen (secondary N) is 2. The van der Waals surface area contributed by atoms with E-state index in [-0.39, 0.29) is 53.4 Å². The van der Waals surface area contributed by atoms with Crippen molar-refractivity contribution in [2.24, 2.45) is 46.3 Å². The van der Waals surface area contributed by atoms with Crippen LogP contribution in [0.25, 0.3) is 0 Å². The van der Waals surface area contributed by atoms with E-state index in [0.29, 0.717) is 59.6 Å². The molecule has 4 aliphatic carbocycles. The molecule has 8 N–H and O–H groups in total. The number of aliphatic carboxylic acids is 1. The topological polar surface area (TPSA) is 180 Å². The summed E-state index contributed by atoms with van der Waals surface area (Å²) in [7, 11) is 0. The minimum atomic E-state index is -1.02. The minimum absolute atomic E-state index is 0.0484. The van der Waals surface area contributed by atoms with Crippen molar-refractivity contribution < 1.29 is 40.2 Å². The molecule has 5 rings (SSSR count). The molecule has 0 bridgehead atoms. The number of aliphatic hydroxyl groups excluding tert-OH is 4. The number of carbonyl (C=O) groups is 2. The van der Waals surface area contributed by atoms with Crippen LogP contribution in [0.2, 0.25) is 0 Å². The molecule has 0 heterocycles. The third-order valence-electron chi connectivity index (χ3n) is 13.3. The number of benzene rings is 1. The van der Waals surface area contributed by atoms with Gasteiger partial charge < -0.3 is 41.3 Å². The lowest BCUT2D eigenvalue weighted by Crippen LogP contribution is -2.58. The molecular weight excluding hydrogens is 624 g/mol. The molecule has 0 spiro atoms. The number of fused-ring (bicyclic) bond motifs is 5. The molecule has 4 fully saturated rings. The van der Waals surface area contributed by atoms with Gasteiger partial charge in [0.05, 0.1) is 24.9 Å². The van der Waals surface area contributed by atoms with Gasteiger partial charge in [-0.05, 0) is 143 Å². The molecular formula is C39H64N2O8. The summed E-state index contributed by atoms with van der Waals surface area (Å²) in [6.45, 7) is 12.9. The first-order valence-electron chi connectivity index (χ1n) is 18.6. The molecule has 1 amide bonds. The number of hydrogen-bond acceptors (Lipinski definition) is 8. The zero-order valence-electron chi connectivity index (χ0n) is 30.6. The Kier molecular flexibility index (Phi) is 12.9. The highest BCUT2D eigenvalue weighted by atomic mass is 16.4. The van der Waals surface area contributed by atoms with Crippen molar-refractivity contribution in [1.29, 1.82) is 0 Å². The summed E-state index contributed by atoms with van der Waals surface area (Å²) in [6, 6.07) is 4.76. The van der Waals surface area contributed by atoms with E-state index in [1.807, 2.05) is 20.8 Å². The molecule has 10 heteroatoms. The van der Waals surface area contributed by atoms with E-state index >= 15 is 0 Å². The molecule has 0 radical (unpaired) electrons. The number of β-amino-alcohol motifs (C(OH)–C–C–N with tert-alkyl or cyclic N) is 1. The SMILES string of the molecule is CC(C)(C)NCC(O)c1ccc(O)c(CO)c1.C[C@H](CCC(=O)NCC(=O)O)[C@H]1CC[C@H]2[C@@H]3CC[C@@H]4C[C@H](O)CC[C@]4(C)[C@H]3C[C@H](O)[C@]12C. The van der Waals surface area contributed by atoms with Crippen LogP contribution in [0.4, 0.5) is 0 Å². The summed E-state index contributed by atoms with van der Waals surface area (Å²) in [4.78, 5) is 22.7. The lowest BCUT2D eigenvalue weighted by atomic mass is 9.43. The number of carboxylic acids is 1. The summed E-state index contributed by atoms with van der Waals surface area (Å²) in [6.07, 6.45) is 8.47. The van der Waals surface area contributed by atoms with Gasteiger partial charge >= 0.3 is 5.97 Å². The quantitative estimate of drug-likeness (QED) is 0.170. The van der Waals surface area contributed by atoms with Gasteiger partial charge in [0.2, 0.25) is 5.91 Å². The second-order valence-corrected chi connectivity index (χ2v) is 17.3. The number of amides is 1. The van der Waals surface area contributed by atoms with Crippen molar-refractivity contribution in [2.45, 2.75) is 136 Å². The molecule has 0 saturated heterocycles. The number of carboxylic acid groups (broad SMARTS) is 1. The summed E-state index contributed by atoms with van der Waals surface area (Å²) >= 11 is 0. The molecule has 278 valence electrons. The van der Waals surface area contributed by atoms with Crippen LogP contribution < -0.4 is 10.6 Å². The third-order valence-corrected chi connectivity index (χ3v) is 13.3. The van der Waals surface area contributed by atoms with Crippen LogP contribution in [0.3, 0.4) is 0 Å². The molecule has 10 nitrogen and oxygen atoms in total. The average molecular weight is 689 g/mol. The Morgan fingerprint density at radius 2 is 1.73 bits per heavy atom. The maximum atomic E-state index is 12.0. The zero-order valence-corrected chi connectivity index (χ0v) is 30.6. The van der Waals surface area contributed by atoms with Crippen molar-refractivity contribution >= 4 is 11.9 Å². The summed E-state index contributed by atoms with van der Waals surface area (Å²) < 4.78 is 0. The maximum absolute atomic E-state index is 12.0. The number of aromatic hydroxyl groups is 1. The number of hydrogen-bond donors (Lipinski definition) is 8. The van der Waals surface area contributed by atoms with Gasteiger partial charge in [-0.3, -0.25) is 9.59 Å². The highest BCUT2D eigenvalue weighted by Gasteiger charge is 2.63. The smallest absolute Gasteiger partial charge is 0.322 e. The van der Waals surface area contributed by atoms with Crippen molar-refractivity contribution in [2.75, 3.05) is 13.1 Å². The van der Waals surface area contributed by atoms with E-state index in [9.17, 15) is 30.0 Å². The van der Waals surface area contributed by atoms with Crippen molar-refractivity contribution in [1.82, 2.24) is 10.6 Å². The number of carbonyl (C=O) groups excluding carboxylic acids is 1. The predicted molar refractivity (Wildman–Crippen MR) is 188 cm³/mol. The maximum Gasteiger partial charge on any atom is 0.322 e. The van der Waals surface area contributed by atoms with Gasteiger partial charge in [0.1, 0.15) is 12.3 Å². The van der Waals surface area contributed by atoms with Gasteiger partial charge in [-0.25, -0.2) is 0 Å². The Balaban J connectivity index is 0.000000269. The van der Waals surface area contributed by atoms with Gasteiger partial charge in [-0.1, -0.05) is 26.8 Å². The fourth-order valence-corrected chi connectivity index (χ4v) is 10.4. The predicted octanol–water partition coefficient (Wildman–Crippen LogP) is 4.90. The minimum Gasteiger partial charge on any atom is -0.508 e. The number of phenols is 1. The number of rotatable bonds is 10. The first-order valence-corrected chi connectivity index (χ1v) is 18.6. The van der Waals surface area contributed by atoms with Crippen molar-refractivity contribution in [3.05, 3.63) is 29.3 Å². The second kappa shape index (κ2) is 16.0. The van der Waals surface area contributed by atoms with Crippen molar-refractivity contribution in [3.63, 3.8) is 0 Å². The Morgan fingerprint density at radius 1 is 1.02 bits per heavy atom. The van der Waals surface area contributed by atoms with Gasteiger partial charge in [-0.2, -0.15) is 0 Å². The molecule has 49 heavy (non-hydrogen) atoms. The van der Waals surface area contributed by atoms with Crippen LogP contribution in [-0.2, 0) is 16.2 Å². The van der Waals surface area contributed by atoms with Crippen LogP contribution in [-0.4, -0.2) is 73.4 Å². The van der Waals surface area contributed by atoms with Crippen LogP contribution in [0.15, 0.2) is 18.2 Å². The van der Waals surface area contributed by atoms with E-state index in [2.05, 4.69) is 31.4 Å². The Labute approximate surface area is 293 Å². The Morgan fingerprint density at radius 3 is 2.39 bits per heavy atom. The van der Waals surface area contributed by atoms with Crippen LogP contribution in [0.1, 0.15) is 123 Å².